The lowest BCUT2D eigenvalue weighted by molar-refractivity contribution is -0.138. The van der Waals surface area contributed by atoms with Crippen molar-refractivity contribution in [2.75, 3.05) is 6.54 Å². The molecule has 0 heterocycles. The van der Waals surface area contributed by atoms with Gasteiger partial charge in [0.05, 0.1) is 5.02 Å². The van der Waals surface area contributed by atoms with Crippen LogP contribution in [0.2, 0.25) is 5.02 Å². The molecule has 4 N–H and O–H groups in total. The maximum Gasteiger partial charge on any atom is 0.327 e. The van der Waals surface area contributed by atoms with Gasteiger partial charge in [-0.05, 0) is 18.2 Å². The van der Waals surface area contributed by atoms with Gasteiger partial charge in [-0.15, -0.1) is 6.42 Å². The Labute approximate surface area is 109 Å². The molecule has 0 bridgehead atoms. The van der Waals surface area contributed by atoms with Gasteiger partial charge in [-0.1, -0.05) is 17.5 Å². The van der Waals surface area contributed by atoms with Crippen LogP contribution in [-0.4, -0.2) is 29.6 Å². The summed E-state index contributed by atoms with van der Waals surface area (Å²) >= 11 is 5.84. The van der Waals surface area contributed by atoms with Gasteiger partial charge >= 0.3 is 5.97 Å². The summed E-state index contributed by atoms with van der Waals surface area (Å²) in [6, 6.07) is 3.21. The van der Waals surface area contributed by atoms with Crippen LogP contribution >= 0.6 is 11.6 Å². The number of carbonyl (C=O) groups is 2. The molecule has 0 aliphatic rings. The number of carboxylic acid groups (broad SMARTS) is 1. The second-order valence-corrected chi connectivity index (χ2v) is 3.85. The lowest BCUT2D eigenvalue weighted by atomic mass is 10.1. The van der Waals surface area contributed by atoms with Crippen molar-refractivity contribution in [3.8, 4) is 12.3 Å². The topological polar surface area (TPSA) is 92.4 Å². The minimum Gasteiger partial charge on any atom is -0.480 e. The molecule has 18 heavy (non-hydrogen) atoms. The lowest BCUT2D eigenvalue weighted by Crippen LogP contribution is -2.45. The van der Waals surface area contributed by atoms with E-state index in [1.54, 1.807) is 0 Å². The predicted octanol–water partition coefficient (Wildman–Crippen LogP) is 0.463. The van der Waals surface area contributed by atoms with E-state index < -0.39 is 17.9 Å². The van der Waals surface area contributed by atoms with E-state index in [9.17, 15) is 9.59 Å². The highest BCUT2D eigenvalue weighted by molar-refractivity contribution is 6.32. The molecule has 0 aliphatic heterocycles. The Morgan fingerprint density at radius 3 is 2.67 bits per heavy atom. The zero-order valence-electron chi connectivity index (χ0n) is 9.31. The summed E-state index contributed by atoms with van der Waals surface area (Å²) in [5.74, 6) is 0.586. The normalized spacial score (nSPS) is 11.4. The number of nitrogens with one attached hydrogen (secondary N) is 1. The van der Waals surface area contributed by atoms with Crippen LogP contribution in [0.5, 0.6) is 0 Å². The third-order valence-corrected chi connectivity index (χ3v) is 2.54. The molecule has 1 amide bonds. The van der Waals surface area contributed by atoms with Gasteiger partial charge < -0.3 is 16.2 Å². The lowest BCUT2D eigenvalue weighted by Gasteiger charge is -2.12. The van der Waals surface area contributed by atoms with Crippen LogP contribution < -0.4 is 11.1 Å². The molecule has 0 aromatic heterocycles. The molecule has 1 aromatic carbocycles. The standard InChI is InChI=1S/C12H11ClN2O3/c1-2-7-3-4-8(5-9(7)13)11(16)15-10(6-14)12(17)18/h1,3-5,10H,6,14H2,(H,15,16)(H,17,18). The summed E-state index contributed by atoms with van der Waals surface area (Å²) < 4.78 is 0. The number of amides is 1. The Hall–Kier alpha value is -2.03. The van der Waals surface area contributed by atoms with Crippen LogP contribution in [0.25, 0.3) is 0 Å². The molecule has 1 aromatic rings. The number of benzene rings is 1. The fraction of sp³-hybridized carbons (Fsp3) is 0.167. The maximum absolute atomic E-state index is 11.7. The van der Waals surface area contributed by atoms with Crippen LogP contribution in [0.4, 0.5) is 0 Å². The Bertz CT molecular complexity index is 523. The molecule has 6 heteroatoms. The molecule has 1 rings (SSSR count). The van der Waals surface area contributed by atoms with Crippen molar-refractivity contribution in [1.82, 2.24) is 5.32 Å². The van der Waals surface area contributed by atoms with Crippen molar-refractivity contribution < 1.29 is 14.7 Å². The van der Waals surface area contributed by atoms with Gasteiger partial charge in [0.2, 0.25) is 0 Å². The predicted molar refractivity (Wildman–Crippen MR) is 67.3 cm³/mol. The number of halogens is 1. The van der Waals surface area contributed by atoms with Gasteiger partial charge in [-0.25, -0.2) is 4.79 Å². The SMILES string of the molecule is C#Cc1ccc(C(=O)NC(CN)C(=O)O)cc1Cl. The first kappa shape index (κ1) is 14.0. The van der Waals surface area contributed by atoms with Gasteiger partial charge in [0.25, 0.3) is 5.91 Å². The Morgan fingerprint density at radius 1 is 1.56 bits per heavy atom. The molecular formula is C12H11ClN2O3. The van der Waals surface area contributed by atoms with E-state index in [0.717, 1.165) is 0 Å². The summed E-state index contributed by atoms with van der Waals surface area (Å²) in [7, 11) is 0. The number of carboxylic acids is 1. The van der Waals surface area contributed by atoms with E-state index >= 15 is 0 Å². The zero-order chi connectivity index (χ0) is 13.7. The first-order valence-electron chi connectivity index (χ1n) is 4.99. The summed E-state index contributed by atoms with van der Waals surface area (Å²) in [6.07, 6.45) is 5.19. The summed E-state index contributed by atoms with van der Waals surface area (Å²) in [6.45, 7) is -0.197. The molecule has 0 radical (unpaired) electrons. The van der Waals surface area contributed by atoms with E-state index in [0.29, 0.717) is 5.56 Å². The average Bonchev–Trinajstić information content (AvgIpc) is 2.35. The van der Waals surface area contributed by atoms with Crippen molar-refractivity contribution in [2.24, 2.45) is 5.73 Å². The summed E-state index contributed by atoms with van der Waals surface area (Å²) in [4.78, 5) is 22.4. The quantitative estimate of drug-likeness (QED) is 0.691. The van der Waals surface area contributed by atoms with E-state index in [1.807, 2.05) is 0 Å². The van der Waals surface area contributed by atoms with Gasteiger partial charge in [0.1, 0.15) is 6.04 Å². The smallest absolute Gasteiger partial charge is 0.327 e. The largest absolute Gasteiger partial charge is 0.480 e. The highest BCUT2D eigenvalue weighted by atomic mass is 35.5. The molecule has 5 nitrogen and oxygen atoms in total. The molecule has 0 saturated carbocycles. The number of hydrogen-bond donors (Lipinski definition) is 3. The summed E-state index contributed by atoms with van der Waals surface area (Å²) in [5, 5.41) is 11.3. The van der Waals surface area contributed by atoms with Crippen molar-refractivity contribution >= 4 is 23.5 Å². The van der Waals surface area contributed by atoms with E-state index in [1.165, 1.54) is 18.2 Å². The second kappa shape index (κ2) is 6.05. The highest BCUT2D eigenvalue weighted by Crippen LogP contribution is 2.16. The van der Waals surface area contributed by atoms with Crippen molar-refractivity contribution in [3.05, 3.63) is 34.3 Å². The van der Waals surface area contributed by atoms with Gasteiger partial charge in [0.15, 0.2) is 0 Å². The number of rotatable bonds is 4. The average molecular weight is 267 g/mol. The van der Waals surface area contributed by atoms with Crippen LogP contribution in [-0.2, 0) is 4.79 Å². The molecule has 1 unspecified atom stereocenters. The van der Waals surface area contributed by atoms with Gasteiger partial charge in [-0.3, -0.25) is 4.79 Å². The molecule has 1 atom stereocenters. The summed E-state index contributed by atoms with van der Waals surface area (Å²) in [5.41, 5.74) is 5.91. The number of hydrogen-bond acceptors (Lipinski definition) is 3. The molecule has 0 aliphatic carbocycles. The maximum atomic E-state index is 11.7. The molecule has 94 valence electrons. The monoisotopic (exact) mass is 266 g/mol. The Balaban J connectivity index is 2.89. The fourth-order valence-corrected chi connectivity index (χ4v) is 1.47. The second-order valence-electron chi connectivity index (χ2n) is 3.44. The van der Waals surface area contributed by atoms with E-state index in [2.05, 4.69) is 11.2 Å². The molecular weight excluding hydrogens is 256 g/mol. The zero-order valence-corrected chi connectivity index (χ0v) is 10.1. The minimum absolute atomic E-state index is 0.197. The number of nitrogens with two attached hydrogens (primary N) is 1. The van der Waals surface area contributed by atoms with Crippen molar-refractivity contribution in [2.45, 2.75) is 6.04 Å². The third-order valence-electron chi connectivity index (χ3n) is 2.23. The van der Waals surface area contributed by atoms with Crippen LogP contribution in [0.1, 0.15) is 15.9 Å². The van der Waals surface area contributed by atoms with Crippen LogP contribution in [0.3, 0.4) is 0 Å². The first-order valence-corrected chi connectivity index (χ1v) is 5.37. The van der Waals surface area contributed by atoms with E-state index in [-0.39, 0.29) is 17.1 Å². The third kappa shape index (κ3) is 3.23. The number of terminal acetylenes is 1. The van der Waals surface area contributed by atoms with Crippen LogP contribution in [0.15, 0.2) is 18.2 Å². The fourth-order valence-electron chi connectivity index (χ4n) is 1.24. The number of aliphatic carboxylic acids is 1. The van der Waals surface area contributed by atoms with Crippen molar-refractivity contribution in [3.63, 3.8) is 0 Å². The van der Waals surface area contributed by atoms with E-state index in [4.69, 9.17) is 28.9 Å². The van der Waals surface area contributed by atoms with Crippen LogP contribution in [0, 0.1) is 12.3 Å². The van der Waals surface area contributed by atoms with Gasteiger partial charge in [0, 0.05) is 17.7 Å². The Kier molecular flexibility index (Phi) is 4.72. The first-order chi connectivity index (χ1) is 8.49. The highest BCUT2D eigenvalue weighted by Gasteiger charge is 2.19. The molecule has 0 saturated heterocycles. The molecule has 0 fully saturated rings. The number of carbonyl (C=O) groups excluding carboxylic acids is 1. The molecule has 0 spiro atoms. The van der Waals surface area contributed by atoms with Gasteiger partial charge in [-0.2, -0.15) is 0 Å². The van der Waals surface area contributed by atoms with Crippen molar-refractivity contribution in [1.29, 1.82) is 0 Å². The minimum atomic E-state index is -1.20. The Morgan fingerprint density at radius 2 is 2.22 bits per heavy atom.